The summed E-state index contributed by atoms with van der Waals surface area (Å²) in [4.78, 5) is 28.8. The summed E-state index contributed by atoms with van der Waals surface area (Å²) in [5.74, 6) is 0.824. The molecule has 1 aromatic rings. The molecule has 0 aromatic heterocycles. The van der Waals surface area contributed by atoms with E-state index in [0.717, 1.165) is 38.3 Å². The van der Waals surface area contributed by atoms with Gasteiger partial charge in [-0.2, -0.15) is 0 Å². The standard InChI is InChI=1S/C21H28N2O3/c24-18-8-9-21(15-23(18)14-16-6-7-16)10-12-22(13-11-21)20(26)19(25)17-4-2-1-3-5-17/h1-5,16,19,25H,6-15H2/t19-/m0/s1. The molecular formula is C21H28N2O3. The molecule has 1 spiro atoms. The van der Waals surface area contributed by atoms with Crippen LogP contribution in [0.15, 0.2) is 30.3 Å². The van der Waals surface area contributed by atoms with Crippen molar-refractivity contribution >= 4 is 11.8 Å². The van der Waals surface area contributed by atoms with E-state index in [9.17, 15) is 14.7 Å². The summed E-state index contributed by atoms with van der Waals surface area (Å²) in [5.41, 5.74) is 0.814. The van der Waals surface area contributed by atoms with Gasteiger partial charge in [-0.25, -0.2) is 0 Å². The zero-order valence-electron chi connectivity index (χ0n) is 15.3. The van der Waals surface area contributed by atoms with Gasteiger partial charge in [0.1, 0.15) is 0 Å². The van der Waals surface area contributed by atoms with Crippen molar-refractivity contribution in [3.63, 3.8) is 0 Å². The van der Waals surface area contributed by atoms with Gasteiger partial charge in [0, 0.05) is 32.6 Å². The molecular weight excluding hydrogens is 328 g/mol. The Labute approximate surface area is 155 Å². The Hall–Kier alpha value is -1.88. The Morgan fingerprint density at radius 2 is 1.85 bits per heavy atom. The van der Waals surface area contributed by atoms with E-state index in [4.69, 9.17) is 0 Å². The fourth-order valence-electron chi connectivity index (χ4n) is 4.44. The first kappa shape index (κ1) is 17.5. The summed E-state index contributed by atoms with van der Waals surface area (Å²) < 4.78 is 0. The largest absolute Gasteiger partial charge is 0.378 e. The Morgan fingerprint density at radius 1 is 1.15 bits per heavy atom. The van der Waals surface area contributed by atoms with E-state index >= 15 is 0 Å². The zero-order valence-corrected chi connectivity index (χ0v) is 15.3. The predicted octanol–water partition coefficient (Wildman–Crippen LogP) is 2.36. The van der Waals surface area contributed by atoms with Crippen molar-refractivity contribution in [1.82, 2.24) is 9.80 Å². The molecule has 26 heavy (non-hydrogen) atoms. The number of hydrogen-bond donors (Lipinski definition) is 1. The van der Waals surface area contributed by atoms with Crippen molar-refractivity contribution in [2.24, 2.45) is 11.3 Å². The van der Waals surface area contributed by atoms with Crippen molar-refractivity contribution in [3.8, 4) is 0 Å². The zero-order chi connectivity index (χ0) is 18.1. The third-order valence-electron chi connectivity index (χ3n) is 6.41. The number of likely N-dealkylation sites (tertiary alicyclic amines) is 2. The smallest absolute Gasteiger partial charge is 0.256 e. The van der Waals surface area contributed by atoms with Gasteiger partial charge in [0.2, 0.25) is 5.91 Å². The van der Waals surface area contributed by atoms with Gasteiger partial charge < -0.3 is 14.9 Å². The minimum atomic E-state index is -1.08. The van der Waals surface area contributed by atoms with Crippen molar-refractivity contribution in [1.29, 1.82) is 0 Å². The van der Waals surface area contributed by atoms with Gasteiger partial charge >= 0.3 is 0 Å². The average molecular weight is 356 g/mol. The number of aliphatic hydroxyl groups is 1. The summed E-state index contributed by atoms with van der Waals surface area (Å²) in [6.07, 6.45) is 4.88. The molecule has 140 valence electrons. The van der Waals surface area contributed by atoms with Crippen LogP contribution in [-0.2, 0) is 9.59 Å². The third kappa shape index (κ3) is 3.63. The van der Waals surface area contributed by atoms with Gasteiger partial charge in [-0.1, -0.05) is 30.3 Å². The number of benzene rings is 1. The number of rotatable bonds is 4. The number of hydrogen-bond acceptors (Lipinski definition) is 3. The lowest BCUT2D eigenvalue weighted by Crippen LogP contribution is -2.53. The highest BCUT2D eigenvalue weighted by molar-refractivity contribution is 5.82. The molecule has 3 aliphatic rings. The van der Waals surface area contributed by atoms with Crippen molar-refractivity contribution in [3.05, 3.63) is 35.9 Å². The molecule has 5 nitrogen and oxygen atoms in total. The molecule has 1 saturated carbocycles. The third-order valence-corrected chi connectivity index (χ3v) is 6.41. The Bertz CT molecular complexity index is 663. The molecule has 5 heteroatoms. The maximum atomic E-state index is 12.7. The Morgan fingerprint density at radius 3 is 2.50 bits per heavy atom. The topological polar surface area (TPSA) is 60.9 Å². The van der Waals surface area contributed by atoms with Gasteiger partial charge in [-0.15, -0.1) is 0 Å². The molecule has 1 N–H and O–H groups in total. The number of aliphatic hydroxyl groups excluding tert-OH is 1. The van der Waals surface area contributed by atoms with E-state index in [1.54, 1.807) is 17.0 Å². The van der Waals surface area contributed by atoms with Crippen LogP contribution in [0.25, 0.3) is 0 Å². The molecule has 2 saturated heterocycles. The molecule has 3 fully saturated rings. The second-order valence-electron chi connectivity index (χ2n) is 8.36. The maximum Gasteiger partial charge on any atom is 0.256 e. The molecule has 1 aliphatic carbocycles. The van der Waals surface area contributed by atoms with Crippen LogP contribution in [-0.4, -0.2) is 52.9 Å². The summed E-state index contributed by atoms with van der Waals surface area (Å²) in [7, 11) is 0. The maximum absolute atomic E-state index is 12.7. The fourth-order valence-corrected chi connectivity index (χ4v) is 4.44. The first-order valence-corrected chi connectivity index (χ1v) is 9.86. The number of amides is 2. The van der Waals surface area contributed by atoms with Crippen LogP contribution < -0.4 is 0 Å². The lowest BCUT2D eigenvalue weighted by molar-refractivity contribution is -0.147. The number of piperidine rings is 2. The van der Waals surface area contributed by atoms with E-state index in [2.05, 4.69) is 4.90 Å². The fraction of sp³-hybridized carbons (Fsp3) is 0.619. The molecule has 2 aliphatic heterocycles. The van der Waals surface area contributed by atoms with Crippen LogP contribution in [0.5, 0.6) is 0 Å². The van der Waals surface area contributed by atoms with Gasteiger partial charge in [0.25, 0.3) is 5.91 Å². The monoisotopic (exact) mass is 356 g/mol. The predicted molar refractivity (Wildman–Crippen MR) is 98.2 cm³/mol. The first-order valence-electron chi connectivity index (χ1n) is 9.86. The van der Waals surface area contributed by atoms with Gasteiger partial charge in [0.05, 0.1) is 0 Å². The first-order chi connectivity index (χ1) is 12.6. The normalized spacial score (nSPS) is 24.0. The number of carbonyl (C=O) groups is 2. The highest BCUT2D eigenvalue weighted by Crippen LogP contribution is 2.42. The van der Waals surface area contributed by atoms with Gasteiger partial charge in [-0.05, 0) is 49.0 Å². The minimum absolute atomic E-state index is 0.164. The van der Waals surface area contributed by atoms with E-state index in [1.807, 2.05) is 18.2 Å². The number of nitrogens with zero attached hydrogens (tertiary/aromatic N) is 2. The highest BCUT2D eigenvalue weighted by atomic mass is 16.3. The van der Waals surface area contributed by atoms with E-state index in [-0.39, 0.29) is 11.3 Å². The minimum Gasteiger partial charge on any atom is -0.378 e. The van der Waals surface area contributed by atoms with Crippen LogP contribution in [0, 0.1) is 11.3 Å². The molecule has 1 atom stereocenters. The summed E-state index contributed by atoms with van der Waals surface area (Å²) in [6.45, 7) is 3.13. The van der Waals surface area contributed by atoms with Crippen LogP contribution in [0.1, 0.15) is 50.2 Å². The SMILES string of the molecule is O=C1CCC2(CCN(C(=O)[C@@H](O)c3ccccc3)CC2)CN1CC1CC1. The average Bonchev–Trinajstić information content (AvgIpc) is 3.49. The molecule has 2 heterocycles. The summed E-state index contributed by atoms with van der Waals surface area (Å²) in [5, 5.41) is 10.4. The lowest BCUT2D eigenvalue weighted by atomic mass is 9.72. The van der Waals surface area contributed by atoms with Gasteiger partial charge in [0.15, 0.2) is 6.10 Å². The molecule has 0 radical (unpaired) electrons. The summed E-state index contributed by atoms with van der Waals surface area (Å²) in [6, 6.07) is 9.13. The lowest BCUT2D eigenvalue weighted by Gasteiger charge is -2.47. The van der Waals surface area contributed by atoms with Gasteiger partial charge in [-0.3, -0.25) is 9.59 Å². The number of carbonyl (C=O) groups excluding carboxylic acids is 2. The second kappa shape index (κ2) is 7.03. The van der Waals surface area contributed by atoms with Crippen LogP contribution in [0.3, 0.4) is 0 Å². The second-order valence-corrected chi connectivity index (χ2v) is 8.36. The Kier molecular flexibility index (Phi) is 4.74. The van der Waals surface area contributed by atoms with E-state index in [1.165, 1.54) is 12.8 Å². The molecule has 0 bridgehead atoms. The quantitative estimate of drug-likeness (QED) is 0.901. The van der Waals surface area contributed by atoms with E-state index < -0.39 is 6.10 Å². The molecule has 0 unspecified atom stereocenters. The molecule has 4 rings (SSSR count). The van der Waals surface area contributed by atoms with Crippen LogP contribution >= 0.6 is 0 Å². The summed E-state index contributed by atoms with van der Waals surface area (Å²) >= 11 is 0. The Balaban J connectivity index is 1.36. The molecule has 1 aromatic carbocycles. The van der Waals surface area contributed by atoms with Crippen molar-refractivity contribution in [2.45, 2.75) is 44.6 Å². The van der Waals surface area contributed by atoms with Crippen molar-refractivity contribution in [2.75, 3.05) is 26.2 Å². The highest BCUT2D eigenvalue weighted by Gasteiger charge is 2.43. The van der Waals surface area contributed by atoms with Crippen LogP contribution in [0.2, 0.25) is 0 Å². The van der Waals surface area contributed by atoms with Crippen LogP contribution in [0.4, 0.5) is 0 Å². The molecule has 2 amide bonds. The van der Waals surface area contributed by atoms with Crippen molar-refractivity contribution < 1.29 is 14.7 Å². The van der Waals surface area contributed by atoms with E-state index in [0.29, 0.717) is 31.0 Å².